The number of alkyl halides is 2. The van der Waals surface area contributed by atoms with Crippen LogP contribution in [0.5, 0.6) is 0 Å². The van der Waals surface area contributed by atoms with Gasteiger partial charge >= 0.3 is 0 Å². The molecule has 1 nitrogen and oxygen atoms in total. The van der Waals surface area contributed by atoms with E-state index in [0.29, 0.717) is 13.0 Å². The van der Waals surface area contributed by atoms with Crippen LogP contribution < -0.4 is 0 Å². The van der Waals surface area contributed by atoms with Gasteiger partial charge in [0.15, 0.2) is 0 Å². The van der Waals surface area contributed by atoms with Gasteiger partial charge in [-0.2, -0.15) is 0 Å². The van der Waals surface area contributed by atoms with Crippen molar-refractivity contribution >= 4 is 0 Å². The fourth-order valence-electron chi connectivity index (χ4n) is 5.34. The molecule has 162 valence electrons. The number of benzene rings is 1. The molecule has 29 heavy (non-hydrogen) atoms. The number of hydrogen-bond acceptors (Lipinski definition) is 1. The van der Waals surface area contributed by atoms with E-state index >= 15 is 0 Å². The van der Waals surface area contributed by atoms with Crippen LogP contribution in [0.25, 0.3) is 0 Å². The van der Waals surface area contributed by atoms with Crippen molar-refractivity contribution in [3.8, 4) is 0 Å². The van der Waals surface area contributed by atoms with Gasteiger partial charge in [-0.3, -0.25) is 0 Å². The lowest BCUT2D eigenvalue weighted by molar-refractivity contribution is -0.131. The van der Waals surface area contributed by atoms with E-state index in [1.807, 2.05) is 0 Å². The molecule has 0 saturated heterocycles. The van der Waals surface area contributed by atoms with Crippen molar-refractivity contribution in [3.63, 3.8) is 0 Å². The third-order valence-corrected chi connectivity index (χ3v) is 7.10. The maximum absolute atomic E-state index is 14.7. The lowest BCUT2D eigenvalue weighted by atomic mass is 9.68. The van der Waals surface area contributed by atoms with E-state index in [1.165, 1.54) is 24.0 Å². The minimum Gasteiger partial charge on any atom is -0.374 e. The van der Waals surface area contributed by atoms with Crippen molar-refractivity contribution < 1.29 is 13.5 Å². The Labute approximate surface area is 175 Å². The van der Waals surface area contributed by atoms with E-state index in [1.54, 1.807) is 6.08 Å². The highest BCUT2D eigenvalue weighted by Crippen LogP contribution is 2.49. The second kappa shape index (κ2) is 10.7. The molecule has 0 bridgehead atoms. The molecule has 0 heterocycles. The first-order valence-corrected chi connectivity index (χ1v) is 11.7. The number of hydrogen-bond donors (Lipinski definition) is 0. The Morgan fingerprint density at radius 2 is 1.72 bits per heavy atom. The number of rotatable bonds is 9. The molecule has 3 heteroatoms. The van der Waals surface area contributed by atoms with Gasteiger partial charge in [0.2, 0.25) is 0 Å². The molecule has 0 aromatic heterocycles. The van der Waals surface area contributed by atoms with Gasteiger partial charge in [0.1, 0.15) is 0 Å². The summed E-state index contributed by atoms with van der Waals surface area (Å²) in [6, 6.07) is 8.74. The summed E-state index contributed by atoms with van der Waals surface area (Å²) in [5, 5.41) is 0. The second-order valence-corrected chi connectivity index (χ2v) is 9.31. The molecule has 1 aromatic rings. The van der Waals surface area contributed by atoms with E-state index in [2.05, 4.69) is 37.8 Å². The van der Waals surface area contributed by atoms with Crippen molar-refractivity contribution in [1.29, 1.82) is 0 Å². The van der Waals surface area contributed by atoms with Crippen molar-refractivity contribution in [2.75, 3.05) is 0 Å². The van der Waals surface area contributed by atoms with E-state index in [-0.39, 0.29) is 24.4 Å². The Morgan fingerprint density at radius 3 is 2.34 bits per heavy atom. The normalized spacial score (nSPS) is 29.5. The number of ether oxygens (including phenoxy) is 1. The molecular formula is C26H38F2O. The fourth-order valence-corrected chi connectivity index (χ4v) is 5.34. The van der Waals surface area contributed by atoms with Crippen LogP contribution in [-0.2, 0) is 17.8 Å². The maximum atomic E-state index is 14.7. The summed E-state index contributed by atoms with van der Waals surface area (Å²) in [4.78, 5) is 0. The molecule has 2 atom stereocenters. The standard InChI is InChI=1S/C26H38F2O/c1-3-5-7-20-8-10-22(11-9-20)19-29-24-15-13-23(14-16-24)25-17-12-21(6-4-2)18-26(25,27)28/h4,8-11,21,23-25H,2-3,5-7,12-19H2,1H3. The number of halogens is 2. The maximum Gasteiger partial charge on any atom is 0.251 e. The molecule has 0 N–H and O–H groups in total. The van der Waals surface area contributed by atoms with Crippen LogP contribution in [-0.4, -0.2) is 12.0 Å². The lowest BCUT2D eigenvalue weighted by Crippen LogP contribution is -2.41. The summed E-state index contributed by atoms with van der Waals surface area (Å²) in [5.74, 6) is -2.66. The Morgan fingerprint density at radius 1 is 1.03 bits per heavy atom. The summed E-state index contributed by atoms with van der Waals surface area (Å²) in [6.45, 7) is 6.56. The van der Waals surface area contributed by atoms with Gasteiger partial charge in [-0.05, 0) is 80.8 Å². The van der Waals surface area contributed by atoms with Crippen LogP contribution in [0.3, 0.4) is 0 Å². The zero-order valence-electron chi connectivity index (χ0n) is 18.1. The highest BCUT2D eigenvalue weighted by molar-refractivity contribution is 5.22. The van der Waals surface area contributed by atoms with Crippen molar-refractivity contribution in [2.24, 2.45) is 17.8 Å². The van der Waals surface area contributed by atoms with E-state index in [4.69, 9.17) is 4.74 Å². The minimum atomic E-state index is -2.51. The van der Waals surface area contributed by atoms with Crippen LogP contribution in [0, 0.1) is 17.8 Å². The molecule has 0 amide bonds. The molecule has 0 aliphatic heterocycles. The topological polar surface area (TPSA) is 9.23 Å². The molecule has 1 aromatic carbocycles. The predicted octanol–water partition coefficient (Wildman–Crippen LogP) is 7.73. The smallest absolute Gasteiger partial charge is 0.251 e. The summed E-state index contributed by atoms with van der Waals surface area (Å²) in [7, 11) is 0. The highest BCUT2D eigenvalue weighted by Gasteiger charge is 2.48. The van der Waals surface area contributed by atoms with Crippen LogP contribution in [0.4, 0.5) is 8.78 Å². The average Bonchev–Trinajstić information content (AvgIpc) is 2.72. The van der Waals surface area contributed by atoms with Gasteiger partial charge in [0, 0.05) is 12.3 Å². The van der Waals surface area contributed by atoms with Gasteiger partial charge in [-0.15, -0.1) is 6.58 Å². The summed E-state index contributed by atoms with van der Waals surface area (Å²) in [5.41, 5.74) is 2.60. The van der Waals surface area contributed by atoms with Crippen LogP contribution in [0.15, 0.2) is 36.9 Å². The summed E-state index contributed by atoms with van der Waals surface area (Å²) in [6.07, 6.45) is 11.6. The zero-order chi connectivity index (χ0) is 20.7. The molecule has 2 fully saturated rings. The fraction of sp³-hybridized carbons (Fsp3) is 0.692. The molecule has 0 spiro atoms. The third kappa shape index (κ3) is 6.38. The molecule has 2 aliphatic rings. The van der Waals surface area contributed by atoms with Crippen LogP contribution in [0.2, 0.25) is 0 Å². The minimum absolute atomic E-state index is 0.0500. The SMILES string of the molecule is C=CCC1CCC(C2CCC(OCc3ccc(CCCC)cc3)CC2)C(F)(F)C1. The average molecular weight is 405 g/mol. The van der Waals surface area contributed by atoms with Crippen molar-refractivity contribution in [1.82, 2.24) is 0 Å². The van der Waals surface area contributed by atoms with Crippen molar-refractivity contribution in [3.05, 3.63) is 48.0 Å². The molecule has 2 unspecified atom stereocenters. The highest BCUT2D eigenvalue weighted by atomic mass is 19.3. The first-order chi connectivity index (χ1) is 14.0. The van der Waals surface area contributed by atoms with E-state index in [0.717, 1.165) is 44.9 Å². The molecular weight excluding hydrogens is 366 g/mol. The van der Waals surface area contributed by atoms with Gasteiger partial charge in [-0.25, -0.2) is 8.78 Å². The van der Waals surface area contributed by atoms with Gasteiger partial charge in [0.05, 0.1) is 12.7 Å². The first kappa shape index (κ1) is 22.5. The van der Waals surface area contributed by atoms with Crippen molar-refractivity contribution in [2.45, 2.75) is 96.2 Å². The third-order valence-electron chi connectivity index (χ3n) is 7.10. The monoisotopic (exact) mass is 404 g/mol. The van der Waals surface area contributed by atoms with Crippen LogP contribution >= 0.6 is 0 Å². The lowest BCUT2D eigenvalue weighted by Gasteiger charge is -2.42. The molecule has 2 saturated carbocycles. The Bertz CT molecular complexity index is 616. The van der Waals surface area contributed by atoms with Gasteiger partial charge in [0.25, 0.3) is 5.92 Å². The largest absolute Gasteiger partial charge is 0.374 e. The summed E-state index contributed by atoms with van der Waals surface area (Å²) >= 11 is 0. The number of aryl methyl sites for hydroxylation is 1. The van der Waals surface area contributed by atoms with Gasteiger partial charge < -0.3 is 4.74 Å². The second-order valence-electron chi connectivity index (χ2n) is 9.31. The van der Waals surface area contributed by atoms with Gasteiger partial charge in [-0.1, -0.05) is 43.7 Å². The van der Waals surface area contributed by atoms with Crippen LogP contribution in [0.1, 0.15) is 82.3 Å². The van der Waals surface area contributed by atoms with E-state index < -0.39 is 11.8 Å². The number of allylic oxidation sites excluding steroid dienone is 1. The number of unbranched alkanes of at least 4 members (excludes halogenated alkanes) is 1. The zero-order valence-corrected chi connectivity index (χ0v) is 18.1. The Balaban J connectivity index is 1.42. The summed E-state index contributed by atoms with van der Waals surface area (Å²) < 4.78 is 35.6. The Kier molecular flexibility index (Phi) is 8.29. The van der Waals surface area contributed by atoms with E-state index in [9.17, 15) is 8.78 Å². The predicted molar refractivity (Wildman–Crippen MR) is 116 cm³/mol. The Hall–Kier alpha value is -1.22. The quantitative estimate of drug-likeness (QED) is 0.383. The molecule has 3 rings (SSSR count). The molecule has 0 radical (unpaired) electrons. The first-order valence-electron chi connectivity index (χ1n) is 11.7. The molecule has 2 aliphatic carbocycles.